The number of methoxy groups -OCH3 is 2. The largest absolute Gasteiger partial charge is 0.493 e. The van der Waals surface area contributed by atoms with Crippen molar-refractivity contribution in [2.45, 2.75) is 0 Å². The molecule has 4 aromatic rings. The second-order valence-corrected chi connectivity index (χ2v) is 7.62. The van der Waals surface area contributed by atoms with E-state index in [1.54, 1.807) is 14.2 Å². The molecule has 0 spiro atoms. The van der Waals surface area contributed by atoms with Gasteiger partial charge in [-0.15, -0.1) is 0 Å². The fourth-order valence-corrected chi connectivity index (χ4v) is 4.09. The Hall–Kier alpha value is -3.87. The van der Waals surface area contributed by atoms with Crippen LogP contribution in [0.2, 0.25) is 0 Å². The van der Waals surface area contributed by atoms with Gasteiger partial charge in [0.05, 0.1) is 19.7 Å². The van der Waals surface area contributed by atoms with Crippen molar-refractivity contribution in [2.24, 2.45) is 0 Å². The third-order valence-electron chi connectivity index (χ3n) is 5.77. The monoisotopic (exact) mass is 427 g/mol. The number of hydrogen-bond acceptors (Lipinski definition) is 7. The molecule has 0 amide bonds. The lowest BCUT2D eigenvalue weighted by molar-refractivity contribution is 0.356. The molecule has 0 saturated carbocycles. The van der Waals surface area contributed by atoms with Gasteiger partial charge >= 0.3 is 0 Å². The maximum absolute atomic E-state index is 5.56. The number of fused-ring (bicyclic) bond motifs is 1. The summed E-state index contributed by atoms with van der Waals surface area (Å²) in [6.45, 7) is 3.42. The van der Waals surface area contributed by atoms with Gasteiger partial charge in [-0.25, -0.2) is 15.0 Å². The van der Waals surface area contributed by atoms with Crippen LogP contribution >= 0.6 is 0 Å². The Morgan fingerprint density at radius 2 is 1.44 bits per heavy atom. The van der Waals surface area contributed by atoms with Crippen molar-refractivity contribution in [3.8, 4) is 22.9 Å². The van der Waals surface area contributed by atoms with Crippen molar-refractivity contribution in [1.82, 2.24) is 15.0 Å². The first-order chi connectivity index (χ1) is 15.8. The van der Waals surface area contributed by atoms with Gasteiger partial charge in [-0.05, 0) is 18.2 Å². The average Bonchev–Trinajstić information content (AvgIpc) is 2.88. The molecule has 5 rings (SSSR count). The number of pyridine rings is 1. The quantitative estimate of drug-likeness (QED) is 0.476. The number of ether oxygens (including phenoxy) is 2. The highest BCUT2D eigenvalue weighted by molar-refractivity contribution is 5.93. The fraction of sp³-hybridized carbons (Fsp3) is 0.240. The minimum absolute atomic E-state index is 0.656. The van der Waals surface area contributed by atoms with Crippen molar-refractivity contribution in [3.05, 3.63) is 66.9 Å². The first-order valence-electron chi connectivity index (χ1n) is 10.7. The van der Waals surface area contributed by atoms with Crippen molar-refractivity contribution in [3.63, 3.8) is 0 Å². The lowest BCUT2D eigenvalue weighted by Crippen LogP contribution is -2.47. The van der Waals surface area contributed by atoms with E-state index in [-0.39, 0.29) is 0 Å². The third kappa shape index (κ3) is 3.77. The van der Waals surface area contributed by atoms with Crippen LogP contribution in [0.4, 0.5) is 11.6 Å². The molecule has 7 heteroatoms. The van der Waals surface area contributed by atoms with E-state index < -0.39 is 0 Å². The lowest BCUT2D eigenvalue weighted by atomic mass is 10.1. The Morgan fingerprint density at radius 3 is 2.12 bits per heavy atom. The standard InChI is InChI=1S/C25H25N5O2/c1-31-21-16-19-20(17-22(21)32-2)27-24(18-8-4-3-5-9-18)28-25(19)30-14-12-29(13-15-30)23-10-6-7-11-26-23/h3-11,16-17H,12-15H2,1-2H3. The van der Waals surface area contributed by atoms with Gasteiger partial charge in [0.15, 0.2) is 17.3 Å². The molecule has 162 valence electrons. The molecule has 1 fully saturated rings. The highest BCUT2D eigenvalue weighted by atomic mass is 16.5. The summed E-state index contributed by atoms with van der Waals surface area (Å²) < 4.78 is 11.1. The molecule has 0 atom stereocenters. The summed E-state index contributed by atoms with van der Waals surface area (Å²) in [5.41, 5.74) is 1.82. The predicted octanol–water partition coefficient (Wildman–Crippen LogP) is 4.04. The average molecular weight is 428 g/mol. The van der Waals surface area contributed by atoms with E-state index in [4.69, 9.17) is 19.4 Å². The predicted molar refractivity (Wildman–Crippen MR) is 127 cm³/mol. The summed E-state index contributed by atoms with van der Waals surface area (Å²) in [7, 11) is 3.29. The molecular formula is C25H25N5O2. The maximum atomic E-state index is 5.56. The molecule has 0 N–H and O–H groups in total. The summed E-state index contributed by atoms with van der Waals surface area (Å²) in [4.78, 5) is 19.0. The summed E-state index contributed by atoms with van der Waals surface area (Å²) in [5.74, 6) is 3.95. The molecule has 0 radical (unpaired) electrons. The van der Waals surface area contributed by atoms with Crippen LogP contribution in [0.15, 0.2) is 66.9 Å². The maximum Gasteiger partial charge on any atom is 0.162 e. The number of hydrogen-bond donors (Lipinski definition) is 0. The van der Waals surface area contributed by atoms with Gasteiger partial charge in [0, 0.05) is 49.4 Å². The van der Waals surface area contributed by atoms with Crippen molar-refractivity contribution in [2.75, 3.05) is 50.2 Å². The van der Waals surface area contributed by atoms with Crippen LogP contribution in [0, 0.1) is 0 Å². The summed E-state index contributed by atoms with van der Waals surface area (Å²) in [5, 5.41) is 0.952. The highest BCUT2D eigenvalue weighted by Crippen LogP contribution is 2.36. The van der Waals surface area contributed by atoms with E-state index in [1.165, 1.54) is 0 Å². The third-order valence-corrected chi connectivity index (χ3v) is 5.77. The molecule has 3 heterocycles. The number of anilines is 2. The molecule has 7 nitrogen and oxygen atoms in total. The Kier molecular flexibility index (Phi) is 5.46. The molecule has 1 aliphatic heterocycles. The molecule has 0 unspecified atom stereocenters. The fourth-order valence-electron chi connectivity index (χ4n) is 4.09. The number of nitrogens with zero attached hydrogens (tertiary/aromatic N) is 5. The zero-order valence-corrected chi connectivity index (χ0v) is 18.2. The topological polar surface area (TPSA) is 63.6 Å². The first kappa shape index (κ1) is 20.1. The van der Waals surface area contributed by atoms with Gasteiger partial charge in [0.2, 0.25) is 0 Å². The van der Waals surface area contributed by atoms with E-state index in [1.807, 2.05) is 60.8 Å². The van der Waals surface area contributed by atoms with E-state index in [0.29, 0.717) is 17.3 Å². The molecular weight excluding hydrogens is 402 g/mol. The van der Waals surface area contributed by atoms with E-state index in [2.05, 4.69) is 20.9 Å². The van der Waals surface area contributed by atoms with E-state index in [9.17, 15) is 0 Å². The van der Waals surface area contributed by atoms with Crippen LogP contribution in [0.3, 0.4) is 0 Å². The smallest absolute Gasteiger partial charge is 0.162 e. The van der Waals surface area contributed by atoms with E-state index in [0.717, 1.165) is 54.3 Å². The summed E-state index contributed by atoms with van der Waals surface area (Å²) in [6.07, 6.45) is 1.84. The Labute approximate surface area is 187 Å². The lowest BCUT2D eigenvalue weighted by Gasteiger charge is -2.36. The second-order valence-electron chi connectivity index (χ2n) is 7.62. The van der Waals surface area contributed by atoms with Crippen LogP contribution in [0.25, 0.3) is 22.3 Å². The molecule has 2 aromatic carbocycles. The van der Waals surface area contributed by atoms with Gasteiger partial charge in [0.1, 0.15) is 11.6 Å². The normalized spacial score (nSPS) is 13.9. The van der Waals surface area contributed by atoms with Crippen LogP contribution in [-0.2, 0) is 0 Å². The summed E-state index contributed by atoms with van der Waals surface area (Å²) >= 11 is 0. The molecule has 1 saturated heterocycles. The molecule has 0 bridgehead atoms. The SMILES string of the molecule is COc1cc2nc(-c3ccccc3)nc(N3CCN(c4ccccn4)CC3)c2cc1OC. The Bertz CT molecular complexity index is 1210. The summed E-state index contributed by atoms with van der Waals surface area (Å²) in [6, 6.07) is 20.0. The van der Waals surface area contributed by atoms with Gasteiger partial charge in [-0.1, -0.05) is 36.4 Å². The highest BCUT2D eigenvalue weighted by Gasteiger charge is 2.23. The van der Waals surface area contributed by atoms with Gasteiger partial charge in [-0.2, -0.15) is 0 Å². The zero-order valence-electron chi connectivity index (χ0n) is 18.2. The van der Waals surface area contributed by atoms with Crippen LogP contribution < -0.4 is 19.3 Å². The number of aromatic nitrogens is 3. The number of piperazine rings is 1. The van der Waals surface area contributed by atoms with Gasteiger partial charge in [-0.3, -0.25) is 0 Å². The Balaban J connectivity index is 1.56. The zero-order chi connectivity index (χ0) is 21.9. The molecule has 0 aliphatic carbocycles. The second kappa shape index (κ2) is 8.70. The van der Waals surface area contributed by atoms with Crippen LogP contribution in [0.5, 0.6) is 11.5 Å². The molecule has 1 aliphatic rings. The van der Waals surface area contributed by atoms with Gasteiger partial charge < -0.3 is 19.3 Å². The van der Waals surface area contributed by atoms with E-state index >= 15 is 0 Å². The van der Waals surface area contributed by atoms with Crippen molar-refractivity contribution >= 4 is 22.5 Å². The van der Waals surface area contributed by atoms with Crippen LogP contribution in [-0.4, -0.2) is 55.4 Å². The minimum atomic E-state index is 0.656. The minimum Gasteiger partial charge on any atom is -0.493 e. The van der Waals surface area contributed by atoms with Crippen molar-refractivity contribution < 1.29 is 9.47 Å². The number of benzene rings is 2. The Morgan fingerprint density at radius 1 is 0.750 bits per heavy atom. The number of rotatable bonds is 5. The molecule has 2 aromatic heterocycles. The van der Waals surface area contributed by atoms with Crippen LogP contribution in [0.1, 0.15) is 0 Å². The first-order valence-corrected chi connectivity index (χ1v) is 10.7. The van der Waals surface area contributed by atoms with Crippen molar-refractivity contribution in [1.29, 1.82) is 0 Å². The molecule has 32 heavy (non-hydrogen) atoms. The van der Waals surface area contributed by atoms with Gasteiger partial charge in [0.25, 0.3) is 0 Å².